The number of epoxide rings is 1. The van der Waals surface area contributed by atoms with Gasteiger partial charge in [-0.1, -0.05) is 50.6 Å². The van der Waals surface area contributed by atoms with Gasteiger partial charge >= 0.3 is 0 Å². The van der Waals surface area contributed by atoms with Crippen LogP contribution < -0.4 is 5.32 Å². The van der Waals surface area contributed by atoms with E-state index in [1.165, 1.54) is 0 Å². The van der Waals surface area contributed by atoms with E-state index in [1.807, 2.05) is 13.0 Å². The normalized spacial score (nSPS) is 31.7. The van der Waals surface area contributed by atoms with E-state index in [0.717, 1.165) is 25.0 Å². The lowest BCUT2D eigenvalue weighted by atomic mass is 9.85. The highest BCUT2D eigenvalue weighted by molar-refractivity contribution is 6.74. The second-order valence-corrected chi connectivity index (χ2v) is 17.8. The second kappa shape index (κ2) is 11.8. The van der Waals surface area contributed by atoms with Crippen LogP contribution in [-0.2, 0) is 28.2 Å². The molecule has 1 amide bonds. The molecule has 3 atom stereocenters. The van der Waals surface area contributed by atoms with E-state index in [1.54, 1.807) is 6.08 Å². The minimum Gasteiger partial charge on any atom is -0.411 e. The van der Waals surface area contributed by atoms with Crippen molar-refractivity contribution in [1.82, 2.24) is 5.32 Å². The molecule has 0 aromatic carbocycles. The number of ether oxygens (including phenoxy) is 4. The fourth-order valence-electron chi connectivity index (χ4n) is 4.66. The van der Waals surface area contributed by atoms with Gasteiger partial charge in [0.2, 0.25) is 5.91 Å². The molecular weight excluding hydrogens is 486 g/mol. The van der Waals surface area contributed by atoms with Crippen molar-refractivity contribution >= 4 is 14.2 Å². The van der Waals surface area contributed by atoms with Gasteiger partial charge in [-0.2, -0.15) is 0 Å². The van der Waals surface area contributed by atoms with Crippen LogP contribution in [0.1, 0.15) is 67.7 Å². The third-order valence-corrected chi connectivity index (χ3v) is 12.2. The van der Waals surface area contributed by atoms with E-state index in [-0.39, 0.29) is 46.7 Å². The summed E-state index contributed by atoms with van der Waals surface area (Å²) in [5.41, 5.74) is 1.000. The minimum absolute atomic E-state index is 0.0245. The van der Waals surface area contributed by atoms with Crippen molar-refractivity contribution in [3.8, 4) is 0 Å². The predicted octanol–water partition coefficient (Wildman–Crippen LogP) is 5.43. The van der Waals surface area contributed by atoms with Gasteiger partial charge < -0.3 is 28.7 Å². The van der Waals surface area contributed by atoms with Gasteiger partial charge in [0.25, 0.3) is 0 Å². The Labute approximate surface area is 225 Å². The van der Waals surface area contributed by atoms with Gasteiger partial charge in [0.15, 0.2) is 14.6 Å². The van der Waals surface area contributed by atoms with E-state index in [9.17, 15) is 4.79 Å². The minimum atomic E-state index is -1.87. The van der Waals surface area contributed by atoms with Gasteiger partial charge in [-0.3, -0.25) is 4.79 Å². The molecule has 3 aliphatic heterocycles. The Morgan fingerprint density at radius 2 is 1.84 bits per heavy atom. The Bertz CT molecular complexity index is 869. The highest BCUT2D eigenvalue weighted by Crippen LogP contribution is 2.46. The highest BCUT2D eigenvalue weighted by Gasteiger charge is 2.53. The van der Waals surface area contributed by atoms with Crippen molar-refractivity contribution in [2.45, 2.75) is 122 Å². The predicted molar refractivity (Wildman–Crippen MR) is 149 cm³/mol. The summed E-state index contributed by atoms with van der Waals surface area (Å²) in [5.74, 6) is -0.159. The Kier molecular flexibility index (Phi) is 9.68. The first-order valence-electron chi connectivity index (χ1n) is 13.6. The monoisotopic (exact) mass is 535 g/mol. The van der Waals surface area contributed by atoms with Crippen LogP contribution in [0, 0.1) is 0 Å². The van der Waals surface area contributed by atoms with Crippen LogP contribution in [0.5, 0.6) is 0 Å². The summed E-state index contributed by atoms with van der Waals surface area (Å²) in [5, 5.41) is 3.09. The van der Waals surface area contributed by atoms with Gasteiger partial charge in [-0.25, -0.2) is 0 Å². The van der Waals surface area contributed by atoms with E-state index in [4.69, 9.17) is 23.4 Å². The zero-order valence-electron chi connectivity index (χ0n) is 24.4. The molecule has 0 aromatic heterocycles. The smallest absolute Gasteiger partial charge is 0.244 e. The molecule has 3 rings (SSSR count). The zero-order valence-corrected chi connectivity index (χ0v) is 25.4. The van der Waals surface area contributed by atoms with Crippen LogP contribution in [0.25, 0.3) is 0 Å². The Hall–Kier alpha value is -1.29. The average Bonchev–Trinajstić information content (AvgIpc) is 3.51. The maximum Gasteiger partial charge on any atom is 0.244 e. The van der Waals surface area contributed by atoms with Gasteiger partial charge in [0.1, 0.15) is 0 Å². The standard InChI is InChI=1S/C29H49NO6Si/c1-21(10-13-24-16-29(20-34-29)19-28(6,7)35-24)11-15-26-32-17-23(18-33-26)30-25(31)14-12-22(2)36-37(8,9)27(3,4)5/h10-14,22-24,26H,15-20H2,1-9H3,(H,30,31)/t22-,23?,24+,26?,29+/m0/s1. The molecule has 0 unspecified atom stereocenters. The molecule has 3 heterocycles. The number of carbonyl (C=O) groups excluding carboxylic acids is 1. The van der Waals surface area contributed by atoms with Crippen molar-refractivity contribution in [3.63, 3.8) is 0 Å². The van der Waals surface area contributed by atoms with Crippen LogP contribution in [0.4, 0.5) is 0 Å². The number of nitrogens with one attached hydrogen (secondary N) is 1. The maximum atomic E-state index is 12.4. The zero-order chi connectivity index (χ0) is 27.5. The first-order valence-corrected chi connectivity index (χ1v) is 16.6. The molecule has 3 aliphatic rings. The van der Waals surface area contributed by atoms with Gasteiger partial charge in [-0.15, -0.1) is 0 Å². The largest absolute Gasteiger partial charge is 0.411 e. The molecule has 0 saturated carbocycles. The van der Waals surface area contributed by atoms with Crippen molar-refractivity contribution < 1.29 is 28.2 Å². The van der Waals surface area contributed by atoms with Crippen LogP contribution in [-0.4, -0.2) is 69.8 Å². The van der Waals surface area contributed by atoms with Gasteiger partial charge in [0, 0.05) is 25.3 Å². The molecule has 0 aliphatic carbocycles. The summed E-state index contributed by atoms with van der Waals surface area (Å²) in [6.45, 7) is 21.1. The van der Waals surface area contributed by atoms with Crippen LogP contribution in [0.15, 0.2) is 36.0 Å². The Balaban J connectivity index is 1.36. The molecule has 1 N–H and O–H groups in total. The Morgan fingerprint density at radius 1 is 1.19 bits per heavy atom. The fraction of sp³-hybridized carbons (Fsp3) is 0.759. The molecule has 7 nitrogen and oxygen atoms in total. The summed E-state index contributed by atoms with van der Waals surface area (Å²) in [7, 11) is -1.87. The number of amides is 1. The number of carbonyl (C=O) groups is 1. The molecular formula is C29H49NO6Si. The van der Waals surface area contributed by atoms with Crippen molar-refractivity contribution in [2.75, 3.05) is 19.8 Å². The van der Waals surface area contributed by atoms with E-state index in [0.29, 0.717) is 19.6 Å². The summed E-state index contributed by atoms with van der Waals surface area (Å²) >= 11 is 0. The second-order valence-electron chi connectivity index (χ2n) is 13.1. The SMILES string of the molecule is CC(C=C[C@@H]1C[C@]2(CO2)CC(C)(C)O1)=CCC1OCC(NC(=O)C=C[C@H](C)O[Si](C)(C)C(C)(C)C)CO1. The lowest BCUT2D eigenvalue weighted by molar-refractivity contribution is -0.187. The quantitative estimate of drug-likeness (QED) is 0.184. The molecule has 0 bridgehead atoms. The lowest BCUT2D eigenvalue weighted by Crippen LogP contribution is -2.46. The highest BCUT2D eigenvalue weighted by atomic mass is 28.4. The van der Waals surface area contributed by atoms with Gasteiger partial charge in [-0.05, 0) is 45.8 Å². The van der Waals surface area contributed by atoms with E-state index in [2.05, 4.69) is 78.2 Å². The number of rotatable bonds is 9. The van der Waals surface area contributed by atoms with Crippen LogP contribution >= 0.6 is 0 Å². The van der Waals surface area contributed by atoms with E-state index < -0.39 is 8.32 Å². The first kappa shape index (κ1) is 30.3. The average molecular weight is 536 g/mol. The third kappa shape index (κ3) is 9.44. The van der Waals surface area contributed by atoms with Crippen LogP contribution in [0.3, 0.4) is 0 Å². The molecule has 3 saturated heterocycles. The van der Waals surface area contributed by atoms with E-state index >= 15 is 0 Å². The fourth-order valence-corrected chi connectivity index (χ4v) is 6.02. The number of hydrogen-bond donors (Lipinski definition) is 1. The molecule has 37 heavy (non-hydrogen) atoms. The Morgan fingerprint density at radius 3 is 2.43 bits per heavy atom. The first-order chi connectivity index (χ1) is 17.1. The molecule has 0 radical (unpaired) electrons. The lowest BCUT2D eigenvalue weighted by Gasteiger charge is -2.38. The maximum absolute atomic E-state index is 12.4. The topological polar surface area (TPSA) is 78.5 Å². The summed E-state index contributed by atoms with van der Waals surface area (Å²) in [6, 6.07) is -0.168. The van der Waals surface area contributed by atoms with Gasteiger partial charge in [0.05, 0.1) is 49.3 Å². The van der Waals surface area contributed by atoms with Crippen molar-refractivity contribution in [2.24, 2.45) is 0 Å². The molecule has 8 heteroatoms. The molecule has 3 fully saturated rings. The summed E-state index contributed by atoms with van der Waals surface area (Å²) in [4.78, 5) is 12.4. The third-order valence-electron chi connectivity index (χ3n) is 7.67. The number of hydrogen-bond acceptors (Lipinski definition) is 6. The summed E-state index contributed by atoms with van der Waals surface area (Å²) < 4.78 is 29.9. The molecule has 0 aromatic rings. The molecule has 1 spiro atoms. The summed E-state index contributed by atoms with van der Waals surface area (Å²) in [6.07, 6.45) is 11.9. The molecule has 210 valence electrons. The van der Waals surface area contributed by atoms with Crippen molar-refractivity contribution in [1.29, 1.82) is 0 Å². The van der Waals surface area contributed by atoms with Crippen LogP contribution in [0.2, 0.25) is 18.1 Å². The van der Waals surface area contributed by atoms with Crippen molar-refractivity contribution in [3.05, 3.63) is 36.0 Å². The number of allylic oxidation sites excluding steroid dienone is 2.